The van der Waals surface area contributed by atoms with E-state index in [9.17, 15) is 4.79 Å². The number of carbonyl (C=O) groups is 1. The summed E-state index contributed by atoms with van der Waals surface area (Å²) in [7, 11) is 0. The molecular weight excluding hydrogens is 162 g/mol. The first-order valence-electron chi connectivity index (χ1n) is 5.27. The number of hydrogen-bond donors (Lipinski definition) is 1. The third-order valence-electron chi connectivity index (χ3n) is 3.19. The van der Waals surface area contributed by atoms with E-state index in [1.165, 1.54) is 25.7 Å². The van der Waals surface area contributed by atoms with Crippen LogP contribution in [0.25, 0.3) is 0 Å². The second kappa shape index (κ2) is 2.49. The highest BCUT2D eigenvalue weighted by Gasteiger charge is 2.55. The van der Waals surface area contributed by atoms with Crippen LogP contribution in [0.3, 0.4) is 0 Å². The minimum atomic E-state index is -0.232. The lowest BCUT2D eigenvalue weighted by atomic mass is 9.94. The smallest absolute Gasteiger partial charge is 0.225 e. The topological polar surface area (TPSA) is 29.1 Å². The third-order valence-corrected chi connectivity index (χ3v) is 3.19. The zero-order chi connectivity index (χ0) is 9.69. The molecule has 0 heterocycles. The number of carbonyl (C=O) groups excluding carboxylic acids is 1. The van der Waals surface area contributed by atoms with Crippen molar-refractivity contribution in [1.82, 2.24) is 5.32 Å². The Labute approximate surface area is 80.1 Å². The van der Waals surface area contributed by atoms with Crippen LogP contribution in [0, 0.1) is 11.3 Å². The van der Waals surface area contributed by atoms with Crippen LogP contribution < -0.4 is 5.32 Å². The van der Waals surface area contributed by atoms with E-state index < -0.39 is 0 Å². The van der Waals surface area contributed by atoms with Crippen LogP contribution >= 0.6 is 0 Å². The molecule has 1 N–H and O–H groups in total. The van der Waals surface area contributed by atoms with E-state index in [0.717, 1.165) is 5.92 Å². The highest BCUT2D eigenvalue weighted by atomic mass is 16.2. The molecule has 0 radical (unpaired) electrons. The molecule has 74 valence electrons. The van der Waals surface area contributed by atoms with Crippen molar-refractivity contribution in [3.05, 3.63) is 0 Å². The van der Waals surface area contributed by atoms with Crippen molar-refractivity contribution in [3.63, 3.8) is 0 Å². The van der Waals surface area contributed by atoms with Gasteiger partial charge in [-0.25, -0.2) is 0 Å². The van der Waals surface area contributed by atoms with E-state index in [4.69, 9.17) is 0 Å². The minimum Gasteiger partial charge on any atom is -0.350 e. The van der Waals surface area contributed by atoms with Crippen LogP contribution in [0.1, 0.15) is 46.5 Å². The molecule has 0 unspecified atom stereocenters. The van der Waals surface area contributed by atoms with Gasteiger partial charge in [0, 0.05) is 11.0 Å². The molecule has 2 rings (SSSR count). The largest absolute Gasteiger partial charge is 0.350 e. The molecule has 2 saturated carbocycles. The van der Waals surface area contributed by atoms with Gasteiger partial charge in [0.2, 0.25) is 5.91 Å². The van der Waals surface area contributed by atoms with Gasteiger partial charge >= 0.3 is 0 Å². The number of nitrogens with one attached hydrogen (secondary N) is 1. The zero-order valence-electron chi connectivity index (χ0n) is 8.81. The molecule has 0 atom stereocenters. The Morgan fingerprint density at radius 3 is 2.15 bits per heavy atom. The molecular formula is C11H19NO. The maximum atomic E-state index is 11.7. The van der Waals surface area contributed by atoms with Crippen LogP contribution in [0.2, 0.25) is 0 Å². The Balaban J connectivity index is 1.94. The summed E-state index contributed by atoms with van der Waals surface area (Å²) >= 11 is 0. The van der Waals surface area contributed by atoms with Crippen molar-refractivity contribution >= 4 is 5.91 Å². The van der Waals surface area contributed by atoms with Gasteiger partial charge in [0.1, 0.15) is 0 Å². The second-order valence-electron chi connectivity index (χ2n) is 5.63. The van der Waals surface area contributed by atoms with Crippen molar-refractivity contribution in [2.75, 3.05) is 0 Å². The molecule has 0 saturated heterocycles. The highest BCUT2D eigenvalue weighted by Crippen LogP contribution is 2.53. The molecule has 13 heavy (non-hydrogen) atoms. The van der Waals surface area contributed by atoms with Gasteiger partial charge in [-0.05, 0) is 31.6 Å². The molecule has 2 nitrogen and oxygen atoms in total. The normalized spacial score (nSPS) is 25.5. The first-order valence-corrected chi connectivity index (χ1v) is 5.27. The average Bonchev–Trinajstić information content (AvgIpc) is 2.80. The van der Waals surface area contributed by atoms with Gasteiger partial charge < -0.3 is 5.32 Å². The Bertz CT molecular complexity index is 231. The summed E-state index contributed by atoms with van der Waals surface area (Å²) in [5.74, 6) is 1.02. The summed E-state index contributed by atoms with van der Waals surface area (Å²) < 4.78 is 0. The molecule has 0 aromatic rings. The maximum Gasteiger partial charge on any atom is 0.225 e. The van der Waals surface area contributed by atoms with Gasteiger partial charge in [-0.2, -0.15) is 0 Å². The Morgan fingerprint density at radius 2 is 1.85 bits per heavy atom. The molecule has 2 aliphatic rings. The van der Waals surface area contributed by atoms with Gasteiger partial charge in [0.25, 0.3) is 0 Å². The summed E-state index contributed by atoms with van der Waals surface area (Å²) in [5, 5.41) is 3.23. The van der Waals surface area contributed by atoms with Crippen LogP contribution in [0.5, 0.6) is 0 Å². The van der Waals surface area contributed by atoms with E-state index in [1.807, 2.05) is 20.8 Å². The molecule has 2 heteroatoms. The lowest BCUT2D eigenvalue weighted by Crippen LogP contribution is -2.44. The van der Waals surface area contributed by atoms with Crippen LogP contribution in [0.15, 0.2) is 0 Å². The quantitative estimate of drug-likeness (QED) is 0.694. The Hall–Kier alpha value is -0.530. The van der Waals surface area contributed by atoms with Crippen molar-refractivity contribution in [3.8, 4) is 0 Å². The molecule has 0 spiro atoms. The van der Waals surface area contributed by atoms with Crippen LogP contribution in [-0.4, -0.2) is 11.4 Å². The lowest BCUT2D eigenvalue weighted by molar-refractivity contribution is -0.129. The predicted molar refractivity (Wildman–Crippen MR) is 52.3 cm³/mol. The third kappa shape index (κ3) is 1.72. The number of hydrogen-bond acceptors (Lipinski definition) is 1. The van der Waals surface area contributed by atoms with E-state index in [1.54, 1.807) is 0 Å². The molecule has 2 fully saturated rings. The van der Waals surface area contributed by atoms with Gasteiger partial charge in [0.05, 0.1) is 0 Å². The van der Waals surface area contributed by atoms with Crippen molar-refractivity contribution in [2.45, 2.75) is 52.0 Å². The molecule has 0 aromatic heterocycles. The first-order chi connectivity index (χ1) is 5.94. The monoisotopic (exact) mass is 181 g/mol. The van der Waals surface area contributed by atoms with Crippen molar-refractivity contribution in [1.29, 1.82) is 0 Å². The van der Waals surface area contributed by atoms with Crippen LogP contribution in [0.4, 0.5) is 0 Å². The standard InChI is InChI=1S/C11H19NO/c1-10(2,3)9(13)12-11(6-7-11)8-4-5-8/h8H,4-7H2,1-3H3,(H,12,13). The average molecular weight is 181 g/mol. The fourth-order valence-corrected chi connectivity index (χ4v) is 1.82. The van der Waals surface area contributed by atoms with Gasteiger partial charge in [-0.3, -0.25) is 4.79 Å². The zero-order valence-corrected chi connectivity index (χ0v) is 8.81. The number of rotatable bonds is 2. The van der Waals surface area contributed by atoms with Crippen molar-refractivity contribution in [2.24, 2.45) is 11.3 Å². The van der Waals surface area contributed by atoms with E-state index in [0.29, 0.717) is 0 Å². The SMILES string of the molecule is CC(C)(C)C(=O)NC1(C2CC2)CC1. The first kappa shape index (κ1) is 9.04. The number of amides is 1. The summed E-state index contributed by atoms with van der Waals surface area (Å²) in [6.07, 6.45) is 5.06. The fraction of sp³-hybridized carbons (Fsp3) is 0.909. The van der Waals surface area contributed by atoms with E-state index >= 15 is 0 Å². The van der Waals surface area contributed by atoms with E-state index in [2.05, 4.69) is 5.32 Å². The van der Waals surface area contributed by atoms with Crippen molar-refractivity contribution < 1.29 is 4.79 Å². The molecule has 0 bridgehead atoms. The van der Waals surface area contributed by atoms with Gasteiger partial charge in [-0.1, -0.05) is 20.8 Å². The predicted octanol–water partition coefficient (Wildman–Crippen LogP) is 2.09. The second-order valence-corrected chi connectivity index (χ2v) is 5.63. The van der Waals surface area contributed by atoms with Crippen LogP contribution in [-0.2, 0) is 4.79 Å². The molecule has 0 aromatic carbocycles. The summed E-state index contributed by atoms with van der Waals surface area (Å²) in [4.78, 5) is 11.7. The van der Waals surface area contributed by atoms with E-state index in [-0.39, 0.29) is 16.9 Å². The Kier molecular flexibility index (Phi) is 1.73. The highest BCUT2D eigenvalue weighted by molar-refractivity contribution is 5.82. The lowest BCUT2D eigenvalue weighted by Gasteiger charge is -2.23. The summed E-state index contributed by atoms with van der Waals surface area (Å²) in [5.41, 5.74) is 0.00877. The fourth-order valence-electron chi connectivity index (χ4n) is 1.82. The molecule has 2 aliphatic carbocycles. The summed E-state index contributed by atoms with van der Waals surface area (Å²) in [6.45, 7) is 5.93. The van der Waals surface area contributed by atoms with Gasteiger partial charge in [-0.15, -0.1) is 0 Å². The maximum absolute atomic E-state index is 11.7. The molecule has 0 aliphatic heterocycles. The molecule has 1 amide bonds. The minimum absolute atomic E-state index is 0.219. The Morgan fingerprint density at radius 1 is 1.31 bits per heavy atom. The summed E-state index contributed by atoms with van der Waals surface area (Å²) in [6, 6.07) is 0. The van der Waals surface area contributed by atoms with Gasteiger partial charge in [0.15, 0.2) is 0 Å².